The average Bonchev–Trinajstić information content (AvgIpc) is 3.45. The smallest absolute Gasteiger partial charge is 0.234 e. The van der Waals surface area contributed by atoms with Crippen molar-refractivity contribution < 1.29 is 23.9 Å². The maximum atomic E-state index is 13.3. The number of likely N-dealkylation sites (tertiary alicyclic amines) is 1. The molecule has 1 aromatic rings. The van der Waals surface area contributed by atoms with Crippen LogP contribution >= 0.6 is 0 Å². The fourth-order valence-electron chi connectivity index (χ4n) is 6.08. The summed E-state index contributed by atoms with van der Waals surface area (Å²) < 4.78 is 10.8. The molecule has 4 aliphatic rings. The molecule has 1 aromatic carbocycles. The second-order valence-electron chi connectivity index (χ2n) is 9.68. The lowest BCUT2D eigenvalue weighted by Crippen LogP contribution is -2.46. The van der Waals surface area contributed by atoms with Crippen LogP contribution in [-0.4, -0.2) is 47.8 Å². The summed E-state index contributed by atoms with van der Waals surface area (Å²) in [7, 11) is 1.54. The van der Waals surface area contributed by atoms with Crippen LogP contribution < -0.4 is 9.47 Å². The summed E-state index contributed by atoms with van der Waals surface area (Å²) in [5.74, 6) is 0.270. The first-order chi connectivity index (χ1) is 14.8. The number of nitriles is 1. The Hall–Kier alpha value is -3.08. The van der Waals surface area contributed by atoms with Crippen molar-refractivity contribution in [2.75, 3.05) is 13.7 Å². The predicted molar refractivity (Wildman–Crippen MR) is 109 cm³/mol. The van der Waals surface area contributed by atoms with Crippen LogP contribution in [-0.2, 0) is 14.4 Å². The number of methoxy groups -OCH3 is 1. The molecule has 5 rings (SSSR count). The highest BCUT2D eigenvalue weighted by Gasteiger charge is 2.71. The van der Waals surface area contributed by atoms with E-state index in [9.17, 15) is 9.59 Å². The van der Waals surface area contributed by atoms with Crippen molar-refractivity contribution in [3.63, 3.8) is 0 Å². The van der Waals surface area contributed by atoms with Crippen molar-refractivity contribution in [1.82, 2.24) is 4.90 Å². The SMILES string of the molecule is COc1cc(C2=NO[C@H]3[C@H]4C[C@@H]([C@@H]23)[C@@H]2C(=O)N(C(C)(C)C)C(=O)[C@H]42)ccc1OCC#N. The van der Waals surface area contributed by atoms with Crippen LogP contribution in [0.5, 0.6) is 11.5 Å². The molecule has 0 spiro atoms. The van der Waals surface area contributed by atoms with Crippen molar-refractivity contribution in [3.05, 3.63) is 23.8 Å². The molecule has 2 aliphatic heterocycles. The van der Waals surface area contributed by atoms with Gasteiger partial charge in [-0.3, -0.25) is 14.5 Å². The minimum Gasteiger partial charge on any atom is -0.493 e. The fraction of sp³-hybridized carbons (Fsp3) is 0.565. The van der Waals surface area contributed by atoms with Gasteiger partial charge in [-0.15, -0.1) is 0 Å². The van der Waals surface area contributed by atoms with E-state index in [-0.39, 0.29) is 54.1 Å². The van der Waals surface area contributed by atoms with Crippen LogP contribution in [0.15, 0.2) is 23.4 Å². The summed E-state index contributed by atoms with van der Waals surface area (Å²) >= 11 is 0. The van der Waals surface area contributed by atoms with E-state index in [1.807, 2.05) is 39.0 Å². The van der Waals surface area contributed by atoms with E-state index in [0.717, 1.165) is 17.7 Å². The lowest BCUT2D eigenvalue weighted by atomic mass is 9.71. The molecule has 162 valence electrons. The lowest BCUT2D eigenvalue weighted by molar-refractivity contribution is -0.146. The zero-order valence-corrected chi connectivity index (χ0v) is 18.0. The molecule has 2 heterocycles. The summed E-state index contributed by atoms with van der Waals surface area (Å²) in [6.07, 6.45) is 0.623. The summed E-state index contributed by atoms with van der Waals surface area (Å²) in [5, 5.41) is 13.1. The van der Waals surface area contributed by atoms with Gasteiger partial charge in [0.2, 0.25) is 11.8 Å². The number of fused-ring (bicyclic) bond motifs is 8. The monoisotopic (exact) mass is 423 g/mol. The highest BCUT2D eigenvalue weighted by molar-refractivity contribution is 6.09. The number of ether oxygens (including phenoxy) is 2. The molecule has 2 bridgehead atoms. The van der Waals surface area contributed by atoms with E-state index in [0.29, 0.717) is 11.5 Å². The van der Waals surface area contributed by atoms with Gasteiger partial charge in [0.05, 0.1) is 24.7 Å². The summed E-state index contributed by atoms with van der Waals surface area (Å²) in [6.45, 7) is 5.63. The number of nitrogens with zero attached hydrogens (tertiary/aromatic N) is 3. The molecule has 31 heavy (non-hydrogen) atoms. The van der Waals surface area contributed by atoms with Gasteiger partial charge in [0.1, 0.15) is 12.2 Å². The number of rotatable bonds is 4. The molecule has 0 radical (unpaired) electrons. The average molecular weight is 423 g/mol. The largest absolute Gasteiger partial charge is 0.493 e. The standard InChI is InChI=1S/C23H25N3O5/c1-23(2,3)26-21(27)16-12-10-13(17(16)22(26)28)20-18(12)19(25-31-20)11-5-6-14(30-8-7-24)15(9-11)29-4/h5-6,9,12-13,16-18,20H,8,10H2,1-4H3/t12-,13+,16+,17-,18+,20+/m1/s1. The van der Waals surface area contributed by atoms with Crippen molar-refractivity contribution >= 4 is 17.5 Å². The molecule has 1 saturated heterocycles. The normalized spacial score (nSPS) is 33.0. The Kier molecular flexibility index (Phi) is 4.30. The first-order valence-electron chi connectivity index (χ1n) is 10.6. The highest BCUT2D eigenvalue weighted by Crippen LogP contribution is 2.62. The summed E-state index contributed by atoms with van der Waals surface area (Å²) in [4.78, 5) is 33.7. The quantitative estimate of drug-likeness (QED) is 0.689. The molecule has 0 N–H and O–H groups in total. The molecular weight excluding hydrogens is 398 g/mol. The molecule has 3 fully saturated rings. The Morgan fingerprint density at radius 1 is 1.16 bits per heavy atom. The number of imide groups is 1. The maximum Gasteiger partial charge on any atom is 0.234 e. The van der Waals surface area contributed by atoms with Crippen molar-refractivity contribution in [1.29, 1.82) is 5.26 Å². The predicted octanol–water partition coefficient (Wildman–Crippen LogP) is 2.37. The minimum absolute atomic E-state index is 0.00480. The third-order valence-corrected chi connectivity index (χ3v) is 7.11. The second kappa shape index (κ2) is 6.71. The summed E-state index contributed by atoms with van der Waals surface area (Å²) in [6, 6.07) is 7.39. The van der Waals surface area contributed by atoms with Crippen LogP contribution in [0.3, 0.4) is 0 Å². The van der Waals surface area contributed by atoms with Gasteiger partial charge in [-0.25, -0.2) is 0 Å². The molecule has 2 amide bonds. The van der Waals surface area contributed by atoms with Gasteiger partial charge in [0.15, 0.2) is 18.1 Å². The van der Waals surface area contributed by atoms with Crippen molar-refractivity contribution in [3.8, 4) is 17.6 Å². The molecule has 0 aromatic heterocycles. The first-order valence-corrected chi connectivity index (χ1v) is 10.6. The zero-order valence-electron chi connectivity index (χ0n) is 18.0. The van der Waals surface area contributed by atoms with E-state index in [1.165, 1.54) is 4.90 Å². The van der Waals surface area contributed by atoms with Gasteiger partial charge in [0, 0.05) is 22.9 Å². The third kappa shape index (κ3) is 2.68. The highest BCUT2D eigenvalue weighted by atomic mass is 16.6. The Morgan fingerprint density at radius 3 is 2.52 bits per heavy atom. The molecule has 2 saturated carbocycles. The minimum atomic E-state index is -0.530. The number of oxime groups is 1. The number of amides is 2. The van der Waals surface area contributed by atoms with Crippen LogP contribution in [0.2, 0.25) is 0 Å². The van der Waals surface area contributed by atoms with Crippen LogP contribution in [0.1, 0.15) is 32.8 Å². The third-order valence-electron chi connectivity index (χ3n) is 7.11. The van der Waals surface area contributed by atoms with Gasteiger partial charge in [0.25, 0.3) is 0 Å². The van der Waals surface area contributed by atoms with Gasteiger partial charge in [-0.2, -0.15) is 5.26 Å². The van der Waals surface area contributed by atoms with Crippen molar-refractivity contribution in [2.45, 2.75) is 38.8 Å². The molecular formula is C23H25N3O5. The maximum absolute atomic E-state index is 13.3. The van der Waals surface area contributed by atoms with E-state index < -0.39 is 5.54 Å². The van der Waals surface area contributed by atoms with Gasteiger partial charge in [-0.1, -0.05) is 5.16 Å². The van der Waals surface area contributed by atoms with Crippen LogP contribution in [0, 0.1) is 40.9 Å². The van der Waals surface area contributed by atoms with Gasteiger partial charge in [-0.05, 0) is 51.3 Å². The van der Waals surface area contributed by atoms with Crippen LogP contribution in [0.25, 0.3) is 0 Å². The summed E-state index contributed by atoms with van der Waals surface area (Å²) in [5.41, 5.74) is 1.09. The Morgan fingerprint density at radius 2 is 1.87 bits per heavy atom. The van der Waals surface area contributed by atoms with E-state index in [4.69, 9.17) is 19.6 Å². The first kappa shape index (κ1) is 19.9. The zero-order chi connectivity index (χ0) is 22.1. The van der Waals surface area contributed by atoms with Crippen LogP contribution in [0.4, 0.5) is 0 Å². The molecule has 8 heteroatoms. The number of hydrogen-bond acceptors (Lipinski definition) is 7. The fourth-order valence-corrected chi connectivity index (χ4v) is 6.08. The van der Waals surface area contributed by atoms with E-state index in [1.54, 1.807) is 13.2 Å². The van der Waals surface area contributed by atoms with E-state index in [2.05, 4.69) is 5.16 Å². The van der Waals surface area contributed by atoms with E-state index >= 15 is 0 Å². The second-order valence-corrected chi connectivity index (χ2v) is 9.68. The number of benzene rings is 1. The Labute approximate surface area is 180 Å². The van der Waals surface area contributed by atoms with Gasteiger partial charge >= 0.3 is 0 Å². The van der Waals surface area contributed by atoms with Gasteiger partial charge < -0.3 is 14.3 Å². The number of hydrogen-bond donors (Lipinski definition) is 0. The molecule has 8 nitrogen and oxygen atoms in total. The van der Waals surface area contributed by atoms with Crippen molar-refractivity contribution in [2.24, 2.45) is 34.7 Å². The molecule has 0 unspecified atom stereocenters. The topological polar surface area (TPSA) is 101 Å². The Bertz CT molecular complexity index is 1040. The molecule has 6 atom stereocenters. The molecule has 2 aliphatic carbocycles. The number of carbonyl (C=O) groups excluding carboxylic acids is 2. The number of carbonyl (C=O) groups is 2. The Balaban J connectivity index is 1.45. The lowest BCUT2D eigenvalue weighted by Gasteiger charge is -2.31.